The maximum absolute atomic E-state index is 12.5. The summed E-state index contributed by atoms with van der Waals surface area (Å²) in [7, 11) is 4.73. The normalized spacial score (nSPS) is 10.2. The lowest BCUT2D eigenvalue weighted by atomic mass is 10.0. The summed E-state index contributed by atoms with van der Waals surface area (Å²) in [4.78, 5) is 12.5. The molecule has 0 atom stereocenters. The maximum Gasteiger partial charge on any atom is 0.167 e. The first-order valence-electron chi connectivity index (χ1n) is 6.97. The molecule has 116 valence electrons. The van der Waals surface area contributed by atoms with Gasteiger partial charge in [0.05, 0.1) is 21.3 Å². The summed E-state index contributed by atoms with van der Waals surface area (Å²) < 4.78 is 15.8. The molecule has 2 aromatic carbocycles. The summed E-state index contributed by atoms with van der Waals surface area (Å²) in [6.07, 6.45) is 0.277. The summed E-state index contributed by atoms with van der Waals surface area (Å²) >= 11 is 0. The largest absolute Gasteiger partial charge is 0.496 e. The highest BCUT2D eigenvalue weighted by Crippen LogP contribution is 2.29. The minimum Gasteiger partial charge on any atom is -0.496 e. The van der Waals surface area contributed by atoms with Gasteiger partial charge >= 0.3 is 0 Å². The molecule has 0 aromatic heterocycles. The van der Waals surface area contributed by atoms with E-state index in [0.717, 1.165) is 16.9 Å². The first-order chi connectivity index (χ1) is 10.6. The molecule has 0 aliphatic heterocycles. The van der Waals surface area contributed by atoms with Crippen LogP contribution in [0, 0.1) is 6.92 Å². The van der Waals surface area contributed by atoms with Gasteiger partial charge in [-0.2, -0.15) is 0 Å². The second-order valence-corrected chi connectivity index (χ2v) is 4.99. The lowest BCUT2D eigenvalue weighted by Crippen LogP contribution is -2.06. The van der Waals surface area contributed by atoms with Crippen molar-refractivity contribution < 1.29 is 19.0 Å². The van der Waals surface area contributed by atoms with Gasteiger partial charge in [0.2, 0.25) is 0 Å². The highest BCUT2D eigenvalue weighted by atomic mass is 16.5. The van der Waals surface area contributed by atoms with Crippen LogP contribution in [0.25, 0.3) is 0 Å². The molecule has 4 nitrogen and oxygen atoms in total. The Balaban J connectivity index is 2.26. The van der Waals surface area contributed by atoms with E-state index in [0.29, 0.717) is 17.1 Å². The van der Waals surface area contributed by atoms with Crippen LogP contribution in [0.4, 0.5) is 0 Å². The predicted molar refractivity (Wildman–Crippen MR) is 85.3 cm³/mol. The smallest absolute Gasteiger partial charge is 0.167 e. The molecule has 0 unspecified atom stereocenters. The van der Waals surface area contributed by atoms with Crippen LogP contribution >= 0.6 is 0 Å². The summed E-state index contributed by atoms with van der Waals surface area (Å²) in [6.45, 7) is 1.99. The zero-order valence-corrected chi connectivity index (χ0v) is 13.3. The van der Waals surface area contributed by atoms with Gasteiger partial charge in [-0.25, -0.2) is 0 Å². The molecule has 0 aliphatic carbocycles. The lowest BCUT2D eigenvalue weighted by Gasteiger charge is -2.11. The monoisotopic (exact) mass is 300 g/mol. The number of hydrogen-bond donors (Lipinski definition) is 0. The first kappa shape index (κ1) is 15.9. The van der Waals surface area contributed by atoms with Crippen LogP contribution in [0.3, 0.4) is 0 Å². The molecule has 0 spiro atoms. The predicted octanol–water partition coefficient (Wildman–Crippen LogP) is 3.45. The summed E-state index contributed by atoms with van der Waals surface area (Å²) in [5.74, 6) is 1.88. The molecule has 2 aromatic rings. The third-order valence-electron chi connectivity index (χ3n) is 3.50. The highest BCUT2D eigenvalue weighted by Gasteiger charge is 2.14. The third kappa shape index (κ3) is 3.39. The number of methoxy groups -OCH3 is 3. The van der Waals surface area contributed by atoms with Gasteiger partial charge in [0.25, 0.3) is 0 Å². The minimum absolute atomic E-state index is 0.00288. The topological polar surface area (TPSA) is 44.8 Å². The van der Waals surface area contributed by atoms with Gasteiger partial charge in [0, 0.05) is 17.5 Å². The van der Waals surface area contributed by atoms with E-state index in [-0.39, 0.29) is 12.2 Å². The molecular formula is C18H20O4. The van der Waals surface area contributed by atoms with Crippen molar-refractivity contribution in [3.05, 3.63) is 53.1 Å². The molecule has 0 radical (unpaired) electrons. The Kier molecular flexibility index (Phi) is 5.04. The second kappa shape index (κ2) is 6.98. The third-order valence-corrected chi connectivity index (χ3v) is 3.50. The summed E-state index contributed by atoms with van der Waals surface area (Å²) in [6, 6.07) is 11.0. The van der Waals surface area contributed by atoms with Gasteiger partial charge in [-0.1, -0.05) is 12.1 Å². The van der Waals surface area contributed by atoms with E-state index >= 15 is 0 Å². The van der Waals surface area contributed by atoms with Crippen molar-refractivity contribution in [1.82, 2.24) is 0 Å². The van der Waals surface area contributed by atoms with Crippen LogP contribution in [-0.4, -0.2) is 27.1 Å². The van der Waals surface area contributed by atoms with E-state index in [9.17, 15) is 4.79 Å². The number of Topliss-reactive ketones (excluding diaryl/α,β-unsaturated/α-hetero) is 1. The van der Waals surface area contributed by atoms with Crippen molar-refractivity contribution in [2.75, 3.05) is 21.3 Å². The number of hydrogen-bond acceptors (Lipinski definition) is 4. The molecule has 0 aliphatic rings. The summed E-state index contributed by atoms with van der Waals surface area (Å²) in [5.41, 5.74) is 2.55. The zero-order chi connectivity index (χ0) is 16.1. The fourth-order valence-electron chi connectivity index (χ4n) is 2.28. The van der Waals surface area contributed by atoms with Crippen LogP contribution in [-0.2, 0) is 6.42 Å². The SMILES string of the molecule is COc1cc(C)ccc1CC(=O)c1ccc(OC)c(OC)c1. The number of rotatable bonds is 6. The Morgan fingerprint density at radius 1 is 0.864 bits per heavy atom. The van der Waals surface area contributed by atoms with E-state index < -0.39 is 0 Å². The van der Waals surface area contributed by atoms with Crippen LogP contribution < -0.4 is 14.2 Å². The molecule has 4 heteroatoms. The average molecular weight is 300 g/mol. The molecule has 0 saturated heterocycles. The molecule has 0 fully saturated rings. The van der Waals surface area contributed by atoms with Crippen molar-refractivity contribution in [3.63, 3.8) is 0 Å². The molecular weight excluding hydrogens is 280 g/mol. The molecule has 22 heavy (non-hydrogen) atoms. The quantitative estimate of drug-likeness (QED) is 0.767. The number of ketones is 1. The standard InChI is InChI=1S/C18H20O4/c1-12-5-6-14(17(9-12)21-3)10-15(19)13-7-8-16(20-2)18(11-13)22-4/h5-9,11H,10H2,1-4H3. The van der Waals surface area contributed by atoms with Crippen molar-refractivity contribution in [3.8, 4) is 17.2 Å². The molecule has 0 heterocycles. The zero-order valence-electron chi connectivity index (χ0n) is 13.3. The van der Waals surface area contributed by atoms with Gasteiger partial charge < -0.3 is 14.2 Å². The summed E-state index contributed by atoms with van der Waals surface area (Å²) in [5, 5.41) is 0. The van der Waals surface area contributed by atoms with Crippen LogP contribution in [0.2, 0.25) is 0 Å². The lowest BCUT2D eigenvalue weighted by molar-refractivity contribution is 0.0991. The van der Waals surface area contributed by atoms with Crippen molar-refractivity contribution >= 4 is 5.78 Å². The van der Waals surface area contributed by atoms with Crippen molar-refractivity contribution in [2.24, 2.45) is 0 Å². The van der Waals surface area contributed by atoms with Crippen molar-refractivity contribution in [1.29, 1.82) is 0 Å². The Bertz CT molecular complexity index is 677. The molecule has 0 saturated carbocycles. The van der Waals surface area contributed by atoms with Crippen LogP contribution in [0.15, 0.2) is 36.4 Å². The van der Waals surface area contributed by atoms with E-state index in [1.807, 2.05) is 25.1 Å². The molecule has 2 rings (SSSR count). The van der Waals surface area contributed by atoms with Gasteiger partial charge in [-0.15, -0.1) is 0 Å². The van der Waals surface area contributed by atoms with Crippen LogP contribution in [0.1, 0.15) is 21.5 Å². The average Bonchev–Trinajstić information content (AvgIpc) is 2.55. The Labute approximate surface area is 130 Å². The van der Waals surface area contributed by atoms with E-state index in [1.165, 1.54) is 0 Å². The maximum atomic E-state index is 12.5. The fourth-order valence-corrected chi connectivity index (χ4v) is 2.28. The molecule has 0 bridgehead atoms. The highest BCUT2D eigenvalue weighted by molar-refractivity contribution is 5.98. The van der Waals surface area contributed by atoms with E-state index in [2.05, 4.69) is 0 Å². The first-order valence-corrected chi connectivity index (χ1v) is 6.97. The number of carbonyl (C=O) groups is 1. The number of benzene rings is 2. The Morgan fingerprint density at radius 3 is 2.18 bits per heavy atom. The van der Waals surface area contributed by atoms with Gasteiger partial charge in [0.15, 0.2) is 17.3 Å². The van der Waals surface area contributed by atoms with Gasteiger partial charge in [-0.3, -0.25) is 4.79 Å². The Morgan fingerprint density at radius 2 is 1.55 bits per heavy atom. The van der Waals surface area contributed by atoms with E-state index in [1.54, 1.807) is 39.5 Å². The Hall–Kier alpha value is -2.49. The molecule has 0 N–H and O–H groups in total. The van der Waals surface area contributed by atoms with Crippen LogP contribution in [0.5, 0.6) is 17.2 Å². The van der Waals surface area contributed by atoms with E-state index in [4.69, 9.17) is 14.2 Å². The van der Waals surface area contributed by atoms with Crippen molar-refractivity contribution in [2.45, 2.75) is 13.3 Å². The van der Waals surface area contributed by atoms with Gasteiger partial charge in [0.1, 0.15) is 5.75 Å². The molecule has 0 amide bonds. The second-order valence-electron chi connectivity index (χ2n) is 4.99. The number of ether oxygens (including phenoxy) is 3. The number of aryl methyl sites for hydroxylation is 1. The minimum atomic E-state index is 0.00288. The fraction of sp³-hybridized carbons (Fsp3) is 0.278. The number of carbonyl (C=O) groups excluding carboxylic acids is 1. The van der Waals surface area contributed by atoms with Gasteiger partial charge in [-0.05, 0) is 36.8 Å².